The lowest BCUT2D eigenvalue weighted by atomic mass is 10.1. The molecule has 1 rings (SSSR count). The van der Waals surface area contributed by atoms with E-state index >= 15 is 0 Å². The standard InChI is InChI=1S/C16H22O4/c1-3-4-5-6-9-12-20-16(18)14-11-8-7-10-13(14)15(17)19-2/h7-8,10-11H,3-6,9,12H2,1-2H3. The topological polar surface area (TPSA) is 52.6 Å². The van der Waals surface area contributed by atoms with Gasteiger partial charge in [0.25, 0.3) is 0 Å². The van der Waals surface area contributed by atoms with Gasteiger partial charge in [0.1, 0.15) is 0 Å². The molecule has 0 heterocycles. The van der Waals surface area contributed by atoms with Gasteiger partial charge in [-0.05, 0) is 18.6 Å². The van der Waals surface area contributed by atoms with E-state index in [0.717, 1.165) is 19.3 Å². The van der Waals surface area contributed by atoms with Gasteiger partial charge in [-0.1, -0.05) is 44.7 Å². The Morgan fingerprint density at radius 1 is 0.950 bits per heavy atom. The molecule has 20 heavy (non-hydrogen) atoms. The molecule has 0 spiro atoms. The molecule has 0 amide bonds. The Labute approximate surface area is 120 Å². The van der Waals surface area contributed by atoms with Gasteiger partial charge in [0, 0.05) is 0 Å². The van der Waals surface area contributed by atoms with Crippen LogP contribution < -0.4 is 0 Å². The smallest absolute Gasteiger partial charge is 0.339 e. The Morgan fingerprint density at radius 3 is 2.15 bits per heavy atom. The number of unbranched alkanes of at least 4 members (excludes halogenated alkanes) is 4. The average Bonchev–Trinajstić information content (AvgIpc) is 2.49. The first-order valence-corrected chi connectivity index (χ1v) is 7.05. The lowest BCUT2D eigenvalue weighted by Gasteiger charge is -2.08. The number of hydrogen-bond acceptors (Lipinski definition) is 4. The maximum Gasteiger partial charge on any atom is 0.339 e. The summed E-state index contributed by atoms with van der Waals surface area (Å²) in [5.41, 5.74) is 0.499. The average molecular weight is 278 g/mol. The Hall–Kier alpha value is -1.84. The quantitative estimate of drug-likeness (QED) is 0.538. The van der Waals surface area contributed by atoms with E-state index in [4.69, 9.17) is 4.74 Å². The van der Waals surface area contributed by atoms with Gasteiger partial charge in [-0.15, -0.1) is 0 Å². The summed E-state index contributed by atoms with van der Waals surface area (Å²) in [6, 6.07) is 6.52. The summed E-state index contributed by atoms with van der Waals surface area (Å²) in [4.78, 5) is 23.5. The molecule has 1 aromatic carbocycles. The number of hydrogen-bond donors (Lipinski definition) is 0. The molecule has 0 aliphatic rings. The minimum absolute atomic E-state index is 0.242. The summed E-state index contributed by atoms with van der Waals surface area (Å²) in [5.74, 6) is -0.998. The highest BCUT2D eigenvalue weighted by atomic mass is 16.5. The monoisotopic (exact) mass is 278 g/mol. The Morgan fingerprint density at radius 2 is 1.55 bits per heavy atom. The number of esters is 2. The molecule has 0 N–H and O–H groups in total. The van der Waals surface area contributed by atoms with E-state index in [1.54, 1.807) is 24.3 Å². The van der Waals surface area contributed by atoms with E-state index in [1.165, 1.54) is 20.0 Å². The van der Waals surface area contributed by atoms with Gasteiger partial charge in [-0.25, -0.2) is 9.59 Å². The van der Waals surface area contributed by atoms with Crippen LogP contribution in [0, 0.1) is 0 Å². The van der Waals surface area contributed by atoms with Crippen LogP contribution in [0.1, 0.15) is 59.7 Å². The fourth-order valence-electron chi connectivity index (χ4n) is 1.90. The van der Waals surface area contributed by atoms with Crippen molar-refractivity contribution in [3.8, 4) is 0 Å². The molecule has 0 fully saturated rings. The molecule has 0 radical (unpaired) electrons. The molecule has 0 saturated carbocycles. The lowest BCUT2D eigenvalue weighted by molar-refractivity contribution is 0.0480. The Kier molecular flexibility index (Phi) is 7.40. The highest BCUT2D eigenvalue weighted by molar-refractivity contribution is 6.03. The zero-order valence-electron chi connectivity index (χ0n) is 12.2. The van der Waals surface area contributed by atoms with Crippen LogP contribution in [-0.4, -0.2) is 25.7 Å². The molecule has 1 aromatic rings. The number of rotatable bonds is 8. The van der Waals surface area contributed by atoms with Gasteiger partial charge < -0.3 is 9.47 Å². The molecule has 110 valence electrons. The Balaban J connectivity index is 2.49. The van der Waals surface area contributed by atoms with Crippen molar-refractivity contribution < 1.29 is 19.1 Å². The van der Waals surface area contributed by atoms with E-state index in [1.807, 2.05) is 0 Å². The van der Waals surface area contributed by atoms with E-state index in [0.29, 0.717) is 6.61 Å². The maximum atomic E-state index is 11.9. The molecule has 4 heteroatoms. The zero-order valence-corrected chi connectivity index (χ0v) is 12.2. The molecule has 0 aliphatic carbocycles. The van der Waals surface area contributed by atoms with Crippen LogP contribution in [0.3, 0.4) is 0 Å². The van der Waals surface area contributed by atoms with Crippen LogP contribution in [0.15, 0.2) is 24.3 Å². The summed E-state index contributed by atoms with van der Waals surface area (Å²) in [7, 11) is 1.29. The van der Waals surface area contributed by atoms with Crippen molar-refractivity contribution in [2.75, 3.05) is 13.7 Å². The number of carbonyl (C=O) groups excluding carboxylic acids is 2. The normalized spacial score (nSPS) is 10.1. The van der Waals surface area contributed by atoms with E-state index in [9.17, 15) is 9.59 Å². The molecule has 0 saturated heterocycles. The Bertz CT molecular complexity index is 440. The summed E-state index contributed by atoms with van der Waals surface area (Å²) in [6.07, 6.45) is 5.46. The van der Waals surface area contributed by atoms with Gasteiger partial charge in [0.15, 0.2) is 0 Å². The van der Waals surface area contributed by atoms with Gasteiger partial charge in [-0.3, -0.25) is 0 Å². The second-order valence-corrected chi connectivity index (χ2v) is 4.59. The van der Waals surface area contributed by atoms with Gasteiger partial charge in [-0.2, -0.15) is 0 Å². The molecule has 0 aromatic heterocycles. The van der Waals surface area contributed by atoms with Gasteiger partial charge in [0.2, 0.25) is 0 Å². The summed E-state index contributed by atoms with van der Waals surface area (Å²) in [5, 5.41) is 0. The first kappa shape index (κ1) is 16.2. The van der Waals surface area contributed by atoms with Gasteiger partial charge in [0.05, 0.1) is 24.8 Å². The van der Waals surface area contributed by atoms with Crippen molar-refractivity contribution in [3.05, 3.63) is 35.4 Å². The largest absolute Gasteiger partial charge is 0.465 e. The highest BCUT2D eigenvalue weighted by Crippen LogP contribution is 2.12. The fourth-order valence-corrected chi connectivity index (χ4v) is 1.90. The first-order chi connectivity index (χ1) is 9.70. The molecule has 0 aliphatic heterocycles. The SMILES string of the molecule is CCCCCCCOC(=O)c1ccccc1C(=O)OC. The van der Waals surface area contributed by atoms with E-state index in [2.05, 4.69) is 11.7 Å². The minimum atomic E-state index is -0.527. The van der Waals surface area contributed by atoms with Crippen LogP contribution in [0.4, 0.5) is 0 Å². The molecule has 0 atom stereocenters. The molecule has 0 bridgehead atoms. The van der Waals surface area contributed by atoms with Crippen LogP contribution in [0.25, 0.3) is 0 Å². The lowest BCUT2D eigenvalue weighted by Crippen LogP contribution is -2.13. The van der Waals surface area contributed by atoms with Crippen molar-refractivity contribution >= 4 is 11.9 Å². The summed E-state index contributed by atoms with van der Waals surface area (Å²) in [6.45, 7) is 2.54. The summed E-state index contributed by atoms with van der Waals surface area (Å²) >= 11 is 0. The molecule has 0 unspecified atom stereocenters. The first-order valence-electron chi connectivity index (χ1n) is 7.05. The maximum absolute atomic E-state index is 11.9. The predicted octanol–water partition coefficient (Wildman–Crippen LogP) is 3.60. The third kappa shape index (κ3) is 5.03. The van der Waals surface area contributed by atoms with E-state index in [-0.39, 0.29) is 11.1 Å². The molecule has 4 nitrogen and oxygen atoms in total. The van der Waals surface area contributed by atoms with Crippen LogP contribution in [-0.2, 0) is 9.47 Å². The second-order valence-electron chi connectivity index (χ2n) is 4.59. The predicted molar refractivity (Wildman–Crippen MR) is 76.8 cm³/mol. The van der Waals surface area contributed by atoms with Crippen LogP contribution in [0.2, 0.25) is 0 Å². The second kappa shape index (κ2) is 9.13. The zero-order chi connectivity index (χ0) is 14.8. The van der Waals surface area contributed by atoms with Crippen molar-refractivity contribution in [3.63, 3.8) is 0 Å². The minimum Gasteiger partial charge on any atom is -0.465 e. The number of carbonyl (C=O) groups is 2. The van der Waals surface area contributed by atoms with Crippen molar-refractivity contribution in [1.82, 2.24) is 0 Å². The van der Waals surface area contributed by atoms with E-state index < -0.39 is 11.9 Å². The third-order valence-electron chi connectivity index (χ3n) is 3.03. The van der Waals surface area contributed by atoms with Crippen molar-refractivity contribution in [2.45, 2.75) is 39.0 Å². The van der Waals surface area contributed by atoms with Crippen LogP contribution in [0.5, 0.6) is 0 Å². The molecular weight excluding hydrogens is 256 g/mol. The third-order valence-corrected chi connectivity index (χ3v) is 3.03. The van der Waals surface area contributed by atoms with Crippen molar-refractivity contribution in [1.29, 1.82) is 0 Å². The molecular formula is C16H22O4. The van der Waals surface area contributed by atoms with Crippen molar-refractivity contribution in [2.24, 2.45) is 0 Å². The van der Waals surface area contributed by atoms with Crippen LogP contribution >= 0.6 is 0 Å². The highest BCUT2D eigenvalue weighted by Gasteiger charge is 2.17. The van der Waals surface area contributed by atoms with Gasteiger partial charge >= 0.3 is 11.9 Å². The fraction of sp³-hybridized carbons (Fsp3) is 0.500. The number of methoxy groups -OCH3 is 1. The number of ether oxygens (including phenoxy) is 2. The summed E-state index contributed by atoms with van der Waals surface area (Å²) < 4.78 is 9.85. The number of benzene rings is 1.